The predicted molar refractivity (Wildman–Crippen MR) is 99.6 cm³/mol. The molecule has 2 saturated heterocycles. The lowest BCUT2D eigenvalue weighted by atomic mass is 9.99. The highest BCUT2D eigenvalue weighted by atomic mass is 32.1. The van der Waals surface area contributed by atoms with Gasteiger partial charge in [0.1, 0.15) is 5.69 Å². The van der Waals surface area contributed by atoms with Crippen molar-refractivity contribution in [3.63, 3.8) is 0 Å². The van der Waals surface area contributed by atoms with E-state index >= 15 is 0 Å². The van der Waals surface area contributed by atoms with Gasteiger partial charge in [0.15, 0.2) is 0 Å². The Hall–Kier alpha value is -1.89. The van der Waals surface area contributed by atoms with Crippen LogP contribution in [0.25, 0.3) is 5.13 Å². The molecular weight excluding hydrogens is 334 g/mol. The van der Waals surface area contributed by atoms with Gasteiger partial charge in [0.05, 0.1) is 0 Å². The fourth-order valence-corrected chi connectivity index (χ4v) is 4.51. The zero-order valence-corrected chi connectivity index (χ0v) is 15.5. The van der Waals surface area contributed by atoms with E-state index in [0.717, 1.165) is 49.3 Å². The number of rotatable bonds is 3. The van der Waals surface area contributed by atoms with Gasteiger partial charge >= 0.3 is 0 Å². The third-order valence-corrected chi connectivity index (χ3v) is 6.26. The molecule has 0 aromatic carbocycles. The van der Waals surface area contributed by atoms with Gasteiger partial charge in [0.25, 0.3) is 5.91 Å². The average Bonchev–Trinajstić information content (AvgIpc) is 3.32. The van der Waals surface area contributed by atoms with Crippen molar-refractivity contribution in [2.75, 3.05) is 31.1 Å². The van der Waals surface area contributed by atoms with E-state index in [1.165, 1.54) is 19.3 Å². The van der Waals surface area contributed by atoms with Crippen molar-refractivity contribution in [1.82, 2.24) is 19.7 Å². The smallest absolute Gasteiger partial charge is 0.270 e. The number of amides is 1. The van der Waals surface area contributed by atoms with Crippen molar-refractivity contribution >= 4 is 22.4 Å². The second kappa shape index (κ2) is 7.15. The molecule has 4 rings (SSSR count). The van der Waals surface area contributed by atoms with E-state index < -0.39 is 0 Å². The van der Waals surface area contributed by atoms with Crippen molar-refractivity contribution in [2.45, 2.75) is 39.0 Å². The molecule has 2 aliphatic rings. The summed E-state index contributed by atoms with van der Waals surface area (Å²) in [5.74, 6) is 0.817. The van der Waals surface area contributed by atoms with E-state index in [-0.39, 0.29) is 5.91 Å². The fraction of sp³-hybridized carbons (Fsp3) is 0.611. The molecule has 4 heterocycles. The molecule has 2 aromatic rings. The van der Waals surface area contributed by atoms with Crippen LogP contribution < -0.4 is 4.90 Å². The summed E-state index contributed by atoms with van der Waals surface area (Å²) in [6.45, 7) is 6.06. The quantitative estimate of drug-likeness (QED) is 0.844. The van der Waals surface area contributed by atoms with Gasteiger partial charge in [-0.3, -0.25) is 9.36 Å². The van der Waals surface area contributed by atoms with Crippen LogP contribution >= 0.6 is 11.3 Å². The topological polar surface area (TPSA) is 54.3 Å². The van der Waals surface area contributed by atoms with E-state index in [2.05, 4.69) is 22.0 Å². The second-order valence-corrected chi connectivity index (χ2v) is 8.09. The molecule has 0 bridgehead atoms. The number of likely N-dealkylation sites (tertiary alicyclic amines) is 1. The molecule has 134 valence electrons. The first-order valence-corrected chi connectivity index (χ1v) is 10.1. The van der Waals surface area contributed by atoms with E-state index in [9.17, 15) is 4.79 Å². The van der Waals surface area contributed by atoms with Gasteiger partial charge < -0.3 is 9.80 Å². The molecule has 0 radical (unpaired) electrons. The minimum atomic E-state index is 0.103. The average molecular weight is 359 g/mol. The molecule has 25 heavy (non-hydrogen) atoms. The highest BCUT2D eigenvalue weighted by Gasteiger charge is 2.25. The number of carbonyl (C=O) groups is 1. The standard InChI is InChI=1S/C18H25N5OS/c1-14-7-12-21(13-8-14)16(24)15-6-5-11-23(15)18-20-19-17(25-18)22-9-3-2-4-10-22/h5-6,11,14H,2-4,7-10,12-13H2,1H3. The molecule has 0 spiro atoms. The summed E-state index contributed by atoms with van der Waals surface area (Å²) in [6, 6.07) is 3.81. The summed E-state index contributed by atoms with van der Waals surface area (Å²) in [6.07, 6.45) is 7.83. The van der Waals surface area contributed by atoms with Crippen LogP contribution in [0.5, 0.6) is 0 Å². The highest BCUT2D eigenvalue weighted by molar-refractivity contribution is 7.17. The van der Waals surface area contributed by atoms with Crippen LogP contribution in [0.4, 0.5) is 5.13 Å². The van der Waals surface area contributed by atoms with Crippen LogP contribution in [-0.4, -0.2) is 51.8 Å². The van der Waals surface area contributed by atoms with Crippen molar-refractivity contribution in [3.8, 4) is 5.13 Å². The Morgan fingerprint density at radius 1 is 1.08 bits per heavy atom. The van der Waals surface area contributed by atoms with Crippen LogP contribution in [0.1, 0.15) is 49.5 Å². The molecule has 6 nitrogen and oxygen atoms in total. The maximum Gasteiger partial charge on any atom is 0.270 e. The molecule has 2 aliphatic heterocycles. The lowest BCUT2D eigenvalue weighted by molar-refractivity contribution is 0.0689. The molecule has 1 amide bonds. The maximum absolute atomic E-state index is 12.9. The number of anilines is 1. The molecule has 2 aromatic heterocycles. The number of piperidine rings is 2. The Morgan fingerprint density at radius 3 is 2.56 bits per heavy atom. The zero-order chi connectivity index (χ0) is 17.2. The summed E-state index contributed by atoms with van der Waals surface area (Å²) < 4.78 is 1.89. The molecule has 0 atom stereocenters. The first kappa shape index (κ1) is 16.6. The van der Waals surface area contributed by atoms with Gasteiger partial charge in [-0.25, -0.2) is 0 Å². The van der Waals surface area contributed by atoms with Gasteiger partial charge in [-0.15, -0.1) is 10.2 Å². The number of hydrogen-bond donors (Lipinski definition) is 0. The summed E-state index contributed by atoms with van der Waals surface area (Å²) in [5.41, 5.74) is 0.691. The van der Waals surface area contributed by atoms with Crippen molar-refractivity contribution in [2.24, 2.45) is 5.92 Å². The Balaban J connectivity index is 1.53. The molecule has 0 N–H and O–H groups in total. The van der Waals surface area contributed by atoms with Crippen molar-refractivity contribution in [1.29, 1.82) is 0 Å². The minimum Gasteiger partial charge on any atom is -0.347 e. The van der Waals surface area contributed by atoms with Gasteiger partial charge in [0.2, 0.25) is 10.3 Å². The monoisotopic (exact) mass is 359 g/mol. The molecule has 2 fully saturated rings. The molecule has 0 unspecified atom stereocenters. The molecule has 0 saturated carbocycles. The van der Waals surface area contributed by atoms with Crippen molar-refractivity contribution in [3.05, 3.63) is 24.0 Å². The normalized spacial score (nSPS) is 19.4. The summed E-state index contributed by atoms with van der Waals surface area (Å²) in [5, 5.41) is 10.5. The highest BCUT2D eigenvalue weighted by Crippen LogP contribution is 2.27. The van der Waals surface area contributed by atoms with E-state index in [1.807, 2.05) is 27.8 Å². The zero-order valence-electron chi connectivity index (χ0n) is 14.7. The predicted octanol–water partition coefficient (Wildman–Crippen LogP) is 3.19. The van der Waals surface area contributed by atoms with E-state index in [4.69, 9.17) is 0 Å². The lowest BCUT2D eigenvalue weighted by Gasteiger charge is -2.30. The number of aromatic nitrogens is 3. The Kier molecular flexibility index (Phi) is 4.74. The third kappa shape index (κ3) is 3.42. The summed E-state index contributed by atoms with van der Waals surface area (Å²) >= 11 is 1.57. The Labute approximate surface area is 152 Å². The van der Waals surface area contributed by atoms with Gasteiger partial charge in [0, 0.05) is 32.4 Å². The third-order valence-electron chi connectivity index (χ3n) is 5.28. The molecule has 7 heteroatoms. The van der Waals surface area contributed by atoms with Gasteiger partial charge in [-0.1, -0.05) is 18.3 Å². The molecular formula is C18H25N5OS. The van der Waals surface area contributed by atoms with Gasteiger partial charge in [-0.05, 0) is 50.2 Å². The first-order chi connectivity index (χ1) is 12.2. The number of carbonyl (C=O) groups excluding carboxylic acids is 1. The summed E-state index contributed by atoms with van der Waals surface area (Å²) in [4.78, 5) is 17.2. The van der Waals surface area contributed by atoms with Crippen LogP contribution in [0.15, 0.2) is 18.3 Å². The number of nitrogens with zero attached hydrogens (tertiary/aromatic N) is 5. The SMILES string of the molecule is CC1CCN(C(=O)c2cccn2-c2nnc(N3CCCCC3)s2)CC1. The van der Waals surface area contributed by atoms with Crippen LogP contribution in [-0.2, 0) is 0 Å². The van der Waals surface area contributed by atoms with Crippen LogP contribution in [0.2, 0.25) is 0 Å². The lowest BCUT2D eigenvalue weighted by Crippen LogP contribution is -2.38. The largest absolute Gasteiger partial charge is 0.347 e. The second-order valence-electron chi connectivity index (χ2n) is 7.15. The number of hydrogen-bond acceptors (Lipinski definition) is 5. The first-order valence-electron chi connectivity index (χ1n) is 9.28. The van der Waals surface area contributed by atoms with Crippen molar-refractivity contribution < 1.29 is 4.79 Å². The van der Waals surface area contributed by atoms with E-state index in [1.54, 1.807) is 11.3 Å². The Morgan fingerprint density at radius 2 is 1.80 bits per heavy atom. The van der Waals surface area contributed by atoms with Crippen LogP contribution in [0, 0.1) is 5.92 Å². The minimum absolute atomic E-state index is 0.103. The van der Waals surface area contributed by atoms with Crippen LogP contribution in [0.3, 0.4) is 0 Å². The van der Waals surface area contributed by atoms with E-state index in [0.29, 0.717) is 11.6 Å². The maximum atomic E-state index is 12.9. The summed E-state index contributed by atoms with van der Waals surface area (Å²) in [7, 11) is 0. The fourth-order valence-electron chi connectivity index (χ4n) is 3.61. The molecule has 0 aliphatic carbocycles. The Bertz CT molecular complexity index is 725. The van der Waals surface area contributed by atoms with Gasteiger partial charge in [-0.2, -0.15) is 0 Å².